The van der Waals surface area contributed by atoms with Gasteiger partial charge in [0.1, 0.15) is 5.70 Å². The van der Waals surface area contributed by atoms with Gasteiger partial charge in [0.05, 0.1) is 12.2 Å². The zero-order valence-electron chi connectivity index (χ0n) is 16.7. The van der Waals surface area contributed by atoms with Gasteiger partial charge < -0.3 is 14.6 Å². The molecule has 0 radical (unpaired) electrons. The van der Waals surface area contributed by atoms with Crippen LogP contribution in [0.15, 0.2) is 48.7 Å². The summed E-state index contributed by atoms with van der Waals surface area (Å²) >= 11 is 0. The molecule has 0 spiro atoms. The van der Waals surface area contributed by atoms with E-state index in [4.69, 9.17) is 4.74 Å². The number of esters is 1. The van der Waals surface area contributed by atoms with Gasteiger partial charge in [0.25, 0.3) is 5.91 Å². The normalized spacial score (nSPS) is 15.0. The Balaban J connectivity index is 1.97. The van der Waals surface area contributed by atoms with Crippen LogP contribution < -0.4 is 5.32 Å². The number of carbonyl (C=O) groups excluding carboxylic acids is 3. The molecule has 7 nitrogen and oxygen atoms in total. The molecular weight excluding hydrogens is 370 g/mol. The van der Waals surface area contributed by atoms with E-state index in [0.29, 0.717) is 12.2 Å². The second-order valence-corrected chi connectivity index (χ2v) is 6.63. The van der Waals surface area contributed by atoms with Crippen molar-refractivity contribution in [2.45, 2.75) is 20.8 Å². The van der Waals surface area contributed by atoms with E-state index in [1.165, 1.54) is 6.08 Å². The smallest absolute Gasteiger partial charge is 0.338 e. The van der Waals surface area contributed by atoms with Crippen molar-refractivity contribution in [3.05, 3.63) is 71.2 Å². The van der Waals surface area contributed by atoms with Gasteiger partial charge in [-0.05, 0) is 56.7 Å². The van der Waals surface area contributed by atoms with Crippen LogP contribution in [0.3, 0.4) is 0 Å². The van der Waals surface area contributed by atoms with Crippen LogP contribution in [0.5, 0.6) is 0 Å². The number of hydrogen-bond donors (Lipinski definition) is 1. The van der Waals surface area contributed by atoms with Crippen LogP contribution in [0.4, 0.5) is 4.79 Å². The van der Waals surface area contributed by atoms with Crippen LogP contribution in [0.2, 0.25) is 0 Å². The molecule has 3 amide bonds. The van der Waals surface area contributed by atoms with Gasteiger partial charge in [0, 0.05) is 23.6 Å². The fraction of sp³-hybridized carbons (Fsp3) is 0.227. The fourth-order valence-corrected chi connectivity index (χ4v) is 3.34. The number of nitrogens with zero attached hydrogens (tertiary/aromatic N) is 2. The van der Waals surface area contributed by atoms with E-state index < -0.39 is 6.03 Å². The summed E-state index contributed by atoms with van der Waals surface area (Å²) < 4.78 is 7.06. The third-order valence-corrected chi connectivity index (χ3v) is 4.66. The van der Waals surface area contributed by atoms with Gasteiger partial charge in [-0.25, -0.2) is 9.59 Å². The minimum atomic E-state index is -0.461. The molecule has 1 aromatic heterocycles. The molecule has 3 rings (SSSR count). The Labute approximate surface area is 169 Å². The van der Waals surface area contributed by atoms with Crippen LogP contribution >= 0.6 is 0 Å². The highest BCUT2D eigenvalue weighted by Gasteiger charge is 2.32. The van der Waals surface area contributed by atoms with Crippen molar-refractivity contribution in [2.75, 3.05) is 13.2 Å². The van der Waals surface area contributed by atoms with E-state index >= 15 is 0 Å². The molecule has 0 bridgehead atoms. The summed E-state index contributed by atoms with van der Waals surface area (Å²) in [5, 5.41) is 2.60. The van der Waals surface area contributed by atoms with Crippen molar-refractivity contribution in [1.29, 1.82) is 0 Å². The molecule has 1 saturated heterocycles. The number of urea groups is 1. The summed E-state index contributed by atoms with van der Waals surface area (Å²) in [6.07, 6.45) is 3.17. The Morgan fingerprint density at radius 2 is 2.00 bits per heavy atom. The van der Waals surface area contributed by atoms with Crippen LogP contribution in [0.25, 0.3) is 11.8 Å². The standard InChI is InChI=1S/C22H23N3O4/c1-5-10-24-20(26)19(23-22(24)28)13-17-11-14(3)25(15(17)4)18-9-7-8-16(12-18)21(27)29-6-2/h5,7-9,11-13H,1,6,10H2,2-4H3,(H,23,28)/b19-13+. The number of benzene rings is 1. The lowest BCUT2D eigenvalue weighted by Crippen LogP contribution is -2.30. The van der Waals surface area contributed by atoms with Gasteiger partial charge in [0.2, 0.25) is 0 Å². The Hall–Kier alpha value is -3.61. The third-order valence-electron chi connectivity index (χ3n) is 4.66. The molecule has 2 aromatic rings. The quantitative estimate of drug-likeness (QED) is 0.353. The summed E-state index contributed by atoms with van der Waals surface area (Å²) in [5.41, 5.74) is 4.10. The molecule has 0 saturated carbocycles. The van der Waals surface area contributed by atoms with Gasteiger partial charge in [-0.3, -0.25) is 9.69 Å². The topological polar surface area (TPSA) is 80.6 Å². The number of imide groups is 1. The zero-order valence-corrected chi connectivity index (χ0v) is 16.7. The lowest BCUT2D eigenvalue weighted by atomic mass is 10.2. The lowest BCUT2D eigenvalue weighted by Gasteiger charge is -2.11. The van der Waals surface area contributed by atoms with Crippen LogP contribution in [0, 0.1) is 13.8 Å². The zero-order chi connectivity index (χ0) is 21.1. The molecule has 1 N–H and O–H groups in total. The molecule has 1 aliphatic rings. The van der Waals surface area contributed by atoms with Crippen LogP contribution in [-0.4, -0.2) is 40.5 Å². The first-order valence-corrected chi connectivity index (χ1v) is 9.29. The van der Waals surface area contributed by atoms with E-state index in [2.05, 4.69) is 11.9 Å². The van der Waals surface area contributed by atoms with E-state index in [-0.39, 0.29) is 24.1 Å². The van der Waals surface area contributed by atoms with E-state index in [0.717, 1.165) is 27.5 Å². The van der Waals surface area contributed by atoms with Crippen molar-refractivity contribution in [3.8, 4) is 5.69 Å². The van der Waals surface area contributed by atoms with Crippen molar-refractivity contribution in [1.82, 2.24) is 14.8 Å². The average Bonchev–Trinajstić information content (AvgIpc) is 3.12. The molecule has 2 heterocycles. The molecule has 1 aromatic carbocycles. The number of nitrogens with one attached hydrogen (secondary N) is 1. The van der Waals surface area contributed by atoms with Crippen molar-refractivity contribution in [2.24, 2.45) is 0 Å². The Bertz CT molecular complexity index is 1030. The van der Waals surface area contributed by atoms with Crippen molar-refractivity contribution < 1.29 is 19.1 Å². The maximum atomic E-state index is 12.4. The van der Waals surface area contributed by atoms with E-state index in [1.807, 2.05) is 30.5 Å². The molecule has 0 unspecified atom stereocenters. The molecule has 29 heavy (non-hydrogen) atoms. The van der Waals surface area contributed by atoms with Gasteiger partial charge in [-0.15, -0.1) is 6.58 Å². The second kappa shape index (κ2) is 8.18. The van der Waals surface area contributed by atoms with E-state index in [9.17, 15) is 14.4 Å². The number of ether oxygens (including phenoxy) is 1. The number of amides is 3. The molecular formula is C22H23N3O4. The maximum Gasteiger partial charge on any atom is 0.338 e. The van der Waals surface area contributed by atoms with Crippen molar-refractivity contribution in [3.63, 3.8) is 0 Å². The number of aryl methyl sites for hydroxylation is 1. The molecule has 1 fully saturated rings. The summed E-state index contributed by atoms with van der Waals surface area (Å²) in [5.74, 6) is -0.759. The number of rotatable bonds is 6. The first kappa shape index (κ1) is 20.1. The number of hydrogen-bond acceptors (Lipinski definition) is 4. The monoisotopic (exact) mass is 393 g/mol. The molecule has 1 aliphatic heterocycles. The number of aromatic nitrogens is 1. The first-order valence-electron chi connectivity index (χ1n) is 9.29. The average molecular weight is 393 g/mol. The van der Waals surface area contributed by atoms with Gasteiger partial charge in [-0.1, -0.05) is 12.1 Å². The van der Waals surface area contributed by atoms with Gasteiger partial charge in [0.15, 0.2) is 0 Å². The minimum absolute atomic E-state index is 0.154. The van der Waals surface area contributed by atoms with Crippen LogP contribution in [0.1, 0.15) is 34.2 Å². The van der Waals surface area contributed by atoms with Gasteiger partial charge >= 0.3 is 12.0 Å². The highest BCUT2D eigenvalue weighted by atomic mass is 16.5. The SMILES string of the molecule is C=CCN1C(=O)N/C(=C/c2cc(C)n(-c3cccc(C(=O)OCC)c3)c2C)C1=O. The van der Waals surface area contributed by atoms with Crippen molar-refractivity contribution >= 4 is 24.0 Å². The Morgan fingerprint density at radius 1 is 1.24 bits per heavy atom. The molecule has 0 aliphatic carbocycles. The summed E-state index contributed by atoms with van der Waals surface area (Å²) in [6.45, 7) is 9.65. The number of carbonyl (C=O) groups is 3. The molecule has 7 heteroatoms. The van der Waals surface area contributed by atoms with Gasteiger partial charge in [-0.2, -0.15) is 0 Å². The minimum Gasteiger partial charge on any atom is -0.462 e. The largest absolute Gasteiger partial charge is 0.462 e. The highest BCUT2D eigenvalue weighted by Crippen LogP contribution is 2.24. The maximum absolute atomic E-state index is 12.4. The fourth-order valence-electron chi connectivity index (χ4n) is 3.34. The molecule has 150 valence electrons. The Morgan fingerprint density at radius 3 is 2.69 bits per heavy atom. The molecule has 0 atom stereocenters. The van der Waals surface area contributed by atoms with E-state index in [1.54, 1.807) is 31.2 Å². The predicted octanol–water partition coefficient (Wildman–Crippen LogP) is 3.35. The predicted molar refractivity (Wildman–Crippen MR) is 110 cm³/mol. The second-order valence-electron chi connectivity index (χ2n) is 6.63. The first-order chi connectivity index (χ1) is 13.9. The lowest BCUT2D eigenvalue weighted by molar-refractivity contribution is -0.122. The third kappa shape index (κ3) is 3.85. The summed E-state index contributed by atoms with van der Waals surface area (Å²) in [6, 6.07) is 8.63. The summed E-state index contributed by atoms with van der Waals surface area (Å²) in [7, 11) is 0. The summed E-state index contributed by atoms with van der Waals surface area (Å²) in [4.78, 5) is 37.5. The Kier molecular flexibility index (Phi) is 5.68. The highest BCUT2D eigenvalue weighted by molar-refractivity contribution is 6.14. The van der Waals surface area contributed by atoms with Crippen LogP contribution in [-0.2, 0) is 9.53 Å².